The maximum Gasteiger partial charge on any atom is 0.307 e. The third-order valence-electron chi connectivity index (χ3n) is 4.73. The Morgan fingerprint density at radius 3 is 1.96 bits per heavy atom. The van der Waals surface area contributed by atoms with Crippen LogP contribution in [0.1, 0.15) is 49.7 Å². The van der Waals surface area contributed by atoms with Gasteiger partial charge in [-0.25, -0.2) is 0 Å². The van der Waals surface area contributed by atoms with Gasteiger partial charge in [0.05, 0.1) is 13.5 Å². The molecule has 0 aliphatic rings. The molecule has 0 bridgehead atoms. The zero-order valence-electron chi connectivity index (χ0n) is 16.3. The number of esters is 1. The number of rotatable bonds is 10. The van der Waals surface area contributed by atoms with E-state index in [1.165, 1.54) is 7.11 Å². The van der Waals surface area contributed by atoms with Gasteiger partial charge in [0.25, 0.3) is 0 Å². The molecule has 2 aromatic carbocycles. The molecule has 0 aromatic heterocycles. The molecule has 27 heavy (non-hydrogen) atoms. The number of methoxy groups -OCH3 is 1. The van der Waals surface area contributed by atoms with E-state index in [1.807, 2.05) is 36.4 Å². The maximum atomic E-state index is 13.1. The number of ether oxygens (including phenoxy) is 1. The first-order valence-electron chi connectivity index (χ1n) is 9.60. The van der Waals surface area contributed by atoms with Crippen LogP contribution in [0, 0.1) is 0 Å². The van der Waals surface area contributed by atoms with Gasteiger partial charge >= 0.3 is 5.97 Å². The number of nitrogens with zero attached hydrogens (tertiary/aromatic N) is 1. The van der Waals surface area contributed by atoms with Crippen molar-refractivity contribution in [3.05, 3.63) is 71.8 Å². The van der Waals surface area contributed by atoms with Crippen molar-refractivity contribution in [1.29, 1.82) is 0 Å². The fourth-order valence-electron chi connectivity index (χ4n) is 3.14. The predicted molar refractivity (Wildman–Crippen MR) is 107 cm³/mol. The van der Waals surface area contributed by atoms with E-state index >= 15 is 0 Å². The van der Waals surface area contributed by atoms with Gasteiger partial charge in [0.2, 0.25) is 5.91 Å². The second kappa shape index (κ2) is 11.2. The van der Waals surface area contributed by atoms with Crippen molar-refractivity contribution in [3.8, 4) is 0 Å². The lowest BCUT2D eigenvalue weighted by atomic mass is 9.88. The summed E-state index contributed by atoms with van der Waals surface area (Å²) >= 11 is 0. The fourth-order valence-corrected chi connectivity index (χ4v) is 3.14. The van der Waals surface area contributed by atoms with Crippen LogP contribution in [-0.2, 0) is 14.3 Å². The number of carbonyl (C=O) groups is 2. The SMILES string of the molecule is CCCCN(CCC(=O)OC)C(=O)CC(c1ccccc1)c1ccccc1. The number of unbranched alkanes of at least 4 members (excludes halogenated alkanes) is 1. The van der Waals surface area contributed by atoms with Gasteiger partial charge in [-0.05, 0) is 17.5 Å². The topological polar surface area (TPSA) is 46.6 Å². The lowest BCUT2D eigenvalue weighted by molar-refractivity contribution is -0.141. The van der Waals surface area contributed by atoms with Gasteiger partial charge in [0.15, 0.2) is 0 Å². The molecule has 1 amide bonds. The fraction of sp³-hybridized carbons (Fsp3) is 0.391. The number of hydrogen-bond donors (Lipinski definition) is 0. The molecule has 0 aliphatic carbocycles. The van der Waals surface area contributed by atoms with Crippen LogP contribution in [0.4, 0.5) is 0 Å². The zero-order chi connectivity index (χ0) is 19.5. The minimum Gasteiger partial charge on any atom is -0.469 e. The number of benzene rings is 2. The molecule has 0 spiro atoms. The molecule has 0 atom stereocenters. The van der Waals surface area contributed by atoms with Gasteiger partial charge in [-0.15, -0.1) is 0 Å². The van der Waals surface area contributed by atoms with Crippen LogP contribution in [0.3, 0.4) is 0 Å². The first-order valence-corrected chi connectivity index (χ1v) is 9.60. The summed E-state index contributed by atoms with van der Waals surface area (Å²) in [6, 6.07) is 20.2. The average Bonchev–Trinajstić information content (AvgIpc) is 2.72. The van der Waals surface area contributed by atoms with E-state index in [-0.39, 0.29) is 24.2 Å². The van der Waals surface area contributed by atoms with E-state index in [0.29, 0.717) is 19.5 Å². The summed E-state index contributed by atoms with van der Waals surface area (Å²) in [5, 5.41) is 0. The molecule has 2 rings (SSSR count). The van der Waals surface area contributed by atoms with E-state index in [0.717, 1.165) is 24.0 Å². The Labute approximate surface area is 162 Å². The molecule has 0 aliphatic heterocycles. The van der Waals surface area contributed by atoms with Gasteiger partial charge in [-0.3, -0.25) is 9.59 Å². The minimum atomic E-state index is -0.285. The Kier molecular flexibility index (Phi) is 8.56. The van der Waals surface area contributed by atoms with Crippen LogP contribution in [0.25, 0.3) is 0 Å². The van der Waals surface area contributed by atoms with E-state index in [4.69, 9.17) is 4.74 Å². The molecular formula is C23H29NO3. The summed E-state index contributed by atoms with van der Waals surface area (Å²) in [5.74, 6) is -0.209. The first-order chi connectivity index (χ1) is 13.2. The van der Waals surface area contributed by atoms with E-state index < -0.39 is 0 Å². The van der Waals surface area contributed by atoms with Crippen molar-refractivity contribution in [2.45, 2.75) is 38.5 Å². The largest absolute Gasteiger partial charge is 0.469 e. The third-order valence-corrected chi connectivity index (χ3v) is 4.73. The second-order valence-corrected chi connectivity index (χ2v) is 6.64. The second-order valence-electron chi connectivity index (χ2n) is 6.64. The quantitative estimate of drug-likeness (QED) is 0.585. The summed E-state index contributed by atoms with van der Waals surface area (Å²) in [4.78, 5) is 26.4. The average molecular weight is 367 g/mol. The molecule has 0 radical (unpaired) electrons. The lowest BCUT2D eigenvalue weighted by Crippen LogP contribution is -2.35. The highest BCUT2D eigenvalue weighted by molar-refractivity contribution is 5.78. The van der Waals surface area contributed by atoms with Crippen LogP contribution in [-0.4, -0.2) is 37.0 Å². The van der Waals surface area contributed by atoms with Crippen molar-refractivity contribution >= 4 is 11.9 Å². The molecule has 2 aromatic rings. The van der Waals surface area contributed by atoms with E-state index in [9.17, 15) is 9.59 Å². The summed E-state index contributed by atoms with van der Waals surface area (Å²) in [5.41, 5.74) is 2.25. The standard InChI is InChI=1S/C23H29NO3/c1-3-4-16-24(17-15-23(26)27-2)22(25)18-21(19-11-7-5-8-12-19)20-13-9-6-10-14-20/h5-14,21H,3-4,15-18H2,1-2H3. The highest BCUT2D eigenvalue weighted by atomic mass is 16.5. The molecule has 144 valence electrons. The van der Waals surface area contributed by atoms with Crippen molar-refractivity contribution in [3.63, 3.8) is 0 Å². The molecule has 0 saturated heterocycles. The summed E-state index contributed by atoms with van der Waals surface area (Å²) < 4.78 is 4.73. The molecule has 4 heteroatoms. The molecule has 0 heterocycles. The smallest absolute Gasteiger partial charge is 0.307 e. The Hall–Kier alpha value is -2.62. The van der Waals surface area contributed by atoms with Gasteiger partial charge < -0.3 is 9.64 Å². The monoisotopic (exact) mass is 367 g/mol. The molecule has 0 saturated carbocycles. The van der Waals surface area contributed by atoms with E-state index in [1.54, 1.807) is 4.90 Å². The van der Waals surface area contributed by atoms with Gasteiger partial charge in [-0.2, -0.15) is 0 Å². The van der Waals surface area contributed by atoms with Gasteiger partial charge in [-0.1, -0.05) is 74.0 Å². The highest BCUT2D eigenvalue weighted by Gasteiger charge is 2.22. The highest BCUT2D eigenvalue weighted by Crippen LogP contribution is 2.28. The van der Waals surface area contributed by atoms with E-state index in [2.05, 4.69) is 31.2 Å². The minimum absolute atomic E-state index is 0.00199. The number of hydrogen-bond acceptors (Lipinski definition) is 3. The Balaban J connectivity index is 2.17. The summed E-state index contributed by atoms with van der Waals surface area (Å²) in [6.45, 7) is 3.17. The number of amides is 1. The van der Waals surface area contributed by atoms with Crippen molar-refractivity contribution in [1.82, 2.24) is 4.90 Å². The molecule has 0 unspecified atom stereocenters. The van der Waals surface area contributed by atoms with Crippen LogP contribution >= 0.6 is 0 Å². The van der Waals surface area contributed by atoms with Gasteiger partial charge in [0, 0.05) is 25.4 Å². The lowest BCUT2D eigenvalue weighted by Gasteiger charge is -2.25. The van der Waals surface area contributed by atoms with Crippen molar-refractivity contribution in [2.24, 2.45) is 0 Å². The molecule has 4 nitrogen and oxygen atoms in total. The molecule has 0 N–H and O–H groups in total. The molecule has 0 fully saturated rings. The Morgan fingerprint density at radius 2 is 1.48 bits per heavy atom. The van der Waals surface area contributed by atoms with Gasteiger partial charge in [0.1, 0.15) is 0 Å². The summed E-state index contributed by atoms with van der Waals surface area (Å²) in [7, 11) is 1.38. The normalized spacial score (nSPS) is 10.6. The van der Waals surface area contributed by atoms with Crippen LogP contribution in [0.5, 0.6) is 0 Å². The molecular weight excluding hydrogens is 338 g/mol. The Morgan fingerprint density at radius 1 is 0.926 bits per heavy atom. The van der Waals surface area contributed by atoms with Crippen LogP contribution < -0.4 is 0 Å². The number of carbonyl (C=O) groups excluding carboxylic acids is 2. The van der Waals surface area contributed by atoms with Crippen LogP contribution in [0.15, 0.2) is 60.7 Å². The van der Waals surface area contributed by atoms with Crippen molar-refractivity contribution < 1.29 is 14.3 Å². The zero-order valence-corrected chi connectivity index (χ0v) is 16.3. The van der Waals surface area contributed by atoms with Crippen LogP contribution in [0.2, 0.25) is 0 Å². The van der Waals surface area contributed by atoms with Crippen molar-refractivity contribution in [2.75, 3.05) is 20.2 Å². The maximum absolute atomic E-state index is 13.1. The predicted octanol–water partition coefficient (Wildman–Crippen LogP) is 4.40. The first kappa shape index (κ1) is 20.7. The summed E-state index contributed by atoms with van der Waals surface area (Å²) in [6.07, 6.45) is 2.54. The third kappa shape index (κ3) is 6.55. The Bertz CT molecular complexity index is 661.